The Balaban J connectivity index is 1.77. The average Bonchev–Trinajstić information content (AvgIpc) is 3.05. The molecule has 0 radical (unpaired) electrons. The Morgan fingerprint density at radius 1 is 1.13 bits per heavy atom. The van der Waals surface area contributed by atoms with Crippen LogP contribution in [0, 0.1) is 0 Å². The molecule has 0 amide bonds. The van der Waals surface area contributed by atoms with Crippen molar-refractivity contribution in [2.45, 2.75) is 26.2 Å². The van der Waals surface area contributed by atoms with E-state index < -0.39 is 0 Å². The molecule has 0 saturated carbocycles. The van der Waals surface area contributed by atoms with Crippen LogP contribution in [0.5, 0.6) is 17.2 Å². The summed E-state index contributed by atoms with van der Waals surface area (Å²) >= 11 is 0. The molecule has 0 spiro atoms. The summed E-state index contributed by atoms with van der Waals surface area (Å²) < 4.78 is 16.2. The minimum atomic E-state index is 0.248. The predicted octanol–water partition coefficient (Wildman–Crippen LogP) is 4.52. The lowest BCUT2D eigenvalue weighted by Gasteiger charge is -2.06. The summed E-state index contributed by atoms with van der Waals surface area (Å²) in [5.41, 5.74) is 3.14. The third kappa shape index (κ3) is 3.65. The van der Waals surface area contributed by atoms with Crippen molar-refractivity contribution in [3.8, 4) is 17.2 Å². The Morgan fingerprint density at radius 2 is 1.87 bits per heavy atom. The molecule has 0 aliphatic carbocycles. The lowest BCUT2D eigenvalue weighted by atomic mass is 10.1. The van der Waals surface area contributed by atoms with Crippen LogP contribution in [0.15, 0.2) is 41.4 Å². The van der Waals surface area contributed by atoms with E-state index in [1.165, 1.54) is 18.4 Å². The smallest absolute Gasteiger partial charge is 0.231 e. The van der Waals surface area contributed by atoms with Gasteiger partial charge < -0.3 is 14.2 Å². The minimum Gasteiger partial charge on any atom is -0.496 e. The highest BCUT2D eigenvalue weighted by molar-refractivity contribution is 5.87. The second-order valence-corrected chi connectivity index (χ2v) is 5.48. The van der Waals surface area contributed by atoms with Crippen molar-refractivity contribution < 1.29 is 14.2 Å². The van der Waals surface area contributed by atoms with Crippen LogP contribution in [0.3, 0.4) is 0 Å². The third-order valence-electron chi connectivity index (χ3n) is 3.83. The standard InChI is InChI=1S/C19H21NO3/c1-3-4-5-14-6-8-16(9-7-14)20-12-15-10-18-19(23-13-22-18)11-17(15)21-2/h6-12H,3-5,13H2,1-2H3. The van der Waals surface area contributed by atoms with Crippen LogP contribution in [0.25, 0.3) is 0 Å². The zero-order chi connectivity index (χ0) is 16.1. The van der Waals surface area contributed by atoms with Gasteiger partial charge in [0.1, 0.15) is 5.75 Å². The number of unbranched alkanes of at least 4 members (excludes halogenated alkanes) is 1. The Labute approximate surface area is 136 Å². The van der Waals surface area contributed by atoms with Crippen LogP contribution in [0.4, 0.5) is 5.69 Å². The zero-order valence-corrected chi connectivity index (χ0v) is 13.5. The van der Waals surface area contributed by atoms with Gasteiger partial charge in [-0.3, -0.25) is 4.99 Å². The molecule has 4 heteroatoms. The number of benzene rings is 2. The van der Waals surface area contributed by atoms with Crippen molar-refractivity contribution in [2.75, 3.05) is 13.9 Å². The predicted molar refractivity (Wildman–Crippen MR) is 91.4 cm³/mol. The number of methoxy groups -OCH3 is 1. The number of hydrogen-bond acceptors (Lipinski definition) is 4. The van der Waals surface area contributed by atoms with Gasteiger partial charge in [0.05, 0.1) is 12.8 Å². The van der Waals surface area contributed by atoms with E-state index in [0.29, 0.717) is 5.75 Å². The maximum absolute atomic E-state index is 5.40. The van der Waals surface area contributed by atoms with Gasteiger partial charge >= 0.3 is 0 Å². The maximum atomic E-state index is 5.40. The Hall–Kier alpha value is -2.49. The molecule has 0 aromatic heterocycles. The molecule has 0 fully saturated rings. The van der Waals surface area contributed by atoms with E-state index in [1.807, 2.05) is 24.3 Å². The van der Waals surface area contributed by atoms with E-state index in [9.17, 15) is 0 Å². The number of fused-ring (bicyclic) bond motifs is 1. The second kappa shape index (κ2) is 7.18. The highest BCUT2D eigenvalue weighted by atomic mass is 16.7. The van der Waals surface area contributed by atoms with Crippen molar-refractivity contribution in [3.05, 3.63) is 47.5 Å². The monoisotopic (exact) mass is 311 g/mol. The van der Waals surface area contributed by atoms with E-state index in [0.717, 1.165) is 29.2 Å². The summed E-state index contributed by atoms with van der Waals surface area (Å²) in [7, 11) is 1.64. The first-order valence-electron chi connectivity index (χ1n) is 7.91. The molecule has 2 aromatic carbocycles. The highest BCUT2D eigenvalue weighted by Gasteiger charge is 2.16. The van der Waals surface area contributed by atoms with Gasteiger partial charge in [-0.25, -0.2) is 0 Å². The summed E-state index contributed by atoms with van der Waals surface area (Å²) in [4.78, 5) is 4.53. The average molecular weight is 311 g/mol. The fraction of sp³-hybridized carbons (Fsp3) is 0.316. The Kier molecular flexibility index (Phi) is 4.81. The van der Waals surface area contributed by atoms with Gasteiger partial charge in [0, 0.05) is 17.8 Å². The topological polar surface area (TPSA) is 40.0 Å². The highest BCUT2D eigenvalue weighted by Crippen LogP contribution is 2.37. The lowest BCUT2D eigenvalue weighted by molar-refractivity contribution is 0.174. The molecule has 2 aromatic rings. The number of ether oxygens (including phenoxy) is 3. The third-order valence-corrected chi connectivity index (χ3v) is 3.83. The van der Waals surface area contributed by atoms with Crippen molar-refractivity contribution in [3.63, 3.8) is 0 Å². The van der Waals surface area contributed by atoms with E-state index in [2.05, 4.69) is 24.0 Å². The summed E-state index contributed by atoms with van der Waals surface area (Å²) in [5, 5.41) is 0. The summed E-state index contributed by atoms with van der Waals surface area (Å²) in [6, 6.07) is 12.1. The molecule has 0 bridgehead atoms. The maximum Gasteiger partial charge on any atom is 0.231 e. The van der Waals surface area contributed by atoms with Crippen molar-refractivity contribution in [2.24, 2.45) is 4.99 Å². The number of aryl methyl sites for hydroxylation is 1. The summed E-state index contributed by atoms with van der Waals surface area (Å²) in [6.45, 7) is 2.45. The zero-order valence-electron chi connectivity index (χ0n) is 13.5. The number of nitrogens with zero attached hydrogens (tertiary/aromatic N) is 1. The molecule has 0 saturated heterocycles. The molecule has 4 nitrogen and oxygen atoms in total. The van der Waals surface area contributed by atoms with Crippen molar-refractivity contribution in [1.82, 2.24) is 0 Å². The normalized spacial score (nSPS) is 12.8. The molecular formula is C19H21NO3. The van der Waals surface area contributed by atoms with Gasteiger partial charge in [0.15, 0.2) is 11.5 Å². The van der Waals surface area contributed by atoms with Crippen LogP contribution in [0.1, 0.15) is 30.9 Å². The van der Waals surface area contributed by atoms with E-state index in [1.54, 1.807) is 13.3 Å². The molecule has 23 heavy (non-hydrogen) atoms. The van der Waals surface area contributed by atoms with Crippen LogP contribution < -0.4 is 14.2 Å². The van der Waals surface area contributed by atoms with Crippen molar-refractivity contribution >= 4 is 11.9 Å². The van der Waals surface area contributed by atoms with E-state index >= 15 is 0 Å². The fourth-order valence-corrected chi connectivity index (χ4v) is 2.49. The van der Waals surface area contributed by atoms with Gasteiger partial charge in [-0.2, -0.15) is 0 Å². The van der Waals surface area contributed by atoms with Gasteiger partial charge in [0.2, 0.25) is 6.79 Å². The molecular weight excluding hydrogens is 290 g/mol. The van der Waals surface area contributed by atoms with Crippen LogP contribution in [-0.2, 0) is 6.42 Å². The number of aliphatic imine (C=N–C) groups is 1. The van der Waals surface area contributed by atoms with Gasteiger partial charge in [-0.05, 0) is 36.6 Å². The van der Waals surface area contributed by atoms with Gasteiger partial charge in [0.25, 0.3) is 0 Å². The van der Waals surface area contributed by atoms with Crippen molar-refractivity contribution in [1.29, 1.82) is 0 Å². The lowest BCUT2D eigenvalue weighted by Crippen LogP contribution is -1.92. The largest absolute Gasteiger partial charge is 0.496 e. The minimum absolute atomic E-state index is 0.248. The fourth-order valence-electron chi connectivity index (χ4n) is 2.49. The molecule has 3 rings (SSSR count). The molecule has 0 unspecified atom stereocenters. The molecule has 120 valence electrons. The van der Waals surface area contributed by atoms with Crippen LogP contribution in [0.2, 0.25) is 0 Å². The Morgan fingerprint density at radius 3 is 2.57 bits per heavy atom. The Bertz CT molecular complexity index is 693. The molecule has 1 aliphatic heterocycles. The van der Waals surface area contributed by atoms with Gasteiger partial charge in [-0.1, -0.05) is 25.5 Å². The molecule has 0 atom stereocenters. The quantitative estimate of drug-likeness (QED) is 0.737. The second-order valence-electron chi connectivity index (χ2n) is 5.48. The first-order chi connectivity index (χ1) is 11.3. The number of hydrogen-bond donors (Lipinski definition) is 0. The number of rotatable bonds is 6. The first kappa shape index (κ1) is 15.4. The van der Waals surface area contributed by atoms with E-state index in [4.69, 9.17) is 14.2 Å². The molecule has 1 heterocycles. The van der Waals surface area contributed by atoms with Crippen LogP contribution >= 0.6 is 0 Å². The molecule has 0 N–H and O–H groups in total. The summed E-state index contributed by atoms with van der Waals surface area (Å²) in [5.74, 6) is 2.15. The molecule has 1 aliphatic rings. The van der Waals surface area contributed by atoms with E-state index in [-0.39, 0.29) is 6.79 Å². The SMILES string of the molecule is CCCCc1ccc(N=Cc2cc3c(cc2OC)OCO3)cc1. The van der Waals surface area contributed by atoms with Crippen LogP contribution in [-0.4, -0.2) is 20.1 Å². The van der Waals surface area contributed by atoms with Gasteiger partial charge in [-0.15, -0.1) is 0 Å². The first-order valence-corrected chi connectivity index (χ1v) is 7.91. The summed E-state index contributed by atoms with van der Waals surface area (Å²) in [6.07, 6.45) is 5.35.